The zero-order valence-electron chi connectivity index (χ0n) is 9.90. The summed E-state index contributed by atoms with van der Waals surface area (Å²) in [5, 5.41) is 0. The van der Waals surface area contributed by atoms with Gasteiger partial charge in [0.2, 0.25) is 0 Å². The number of carbonyl (C=O) groups is 1. The normalized spacial score (nSPS) is 10.6. The predicted molar refractivity (Wildman–Crippen MR) is 71.4 cm³/mol. The molecule has 0 bridgehead atoms. The van der Waals surface area contributed by atoms with Gasteiger partial charge in [-0.2, -0.15) is 0 Å². The van der Waals surface area contributed by atoms with Gasteiger partial charge in [-0.25, -0.2) is 0 Å². The number of anilines is 1. The van der Waals surface area contributed by atoms with Crippen molar-refractivity contribution >= 4 is 27.9 Å². The van der Waals surface area contributed by atoms with Gasteiger partial charge in [-0.05, 0) is 48.2 Å². The third kappa shape index (κ3) is 3.61. The summed E-state index contributed by atoms with van der Waals surface area (Å²) in [4.78, 5) is 14.9. The number of likely N-dealkylation sites (N-methyl/N-ethyl adjacent to an activating group) is 2. The predicted octanol–water partition coefficient (Wildman–Crippen LogP) is 2.26. The van der Waals surface area contributed by atoms with E-state index < -0.39 is 0 Å². The summed E-state index contributed by atoms with van der Waals surface area (Å²) in [6, 6.07) is 5.64. The van der Waals surface area contributed by atoms with E-state index in [9.17, 15) is 4.79 Å². The van der Waals surface area contributed by atoms with E-state index >= 15 is 0 Å². The molecule has 0 unspecified atom stereocenters. The molecule has 0 spiro atoms. The molecule has 0 amide bonds. The van der Waals surface area contributed by atoms with Crippen LogP contribution in [0.4, 0.5) is 5.69 Å². The second-order valence-electron chi connectivity index (χ2n) is 4.05. The van der Waals surface area contributed by atoms with Gasteiger partial charge in [-0.3, -0.25) is 4.79 Å². The molecule has 0 aliphatic heterocycles. The quantitative estimate of drug-likeness (QED) is 0.775. The Labute approximate surface area is 105 Å². The maximum atomic E-state index is 10.6. The van der Waals surface area contributed by atoms with Gasteiger partial charge in [0.15, 0.2) is 0 Å². The number of carbonyl (C=O) groups excluding carboxylic acids is 1. The van der Waals surface area contributed by atoms with Gasteiger partial charge in [0, 0.05) is 30.2 Å². The number of hydrogen-bond donors (Lipinski definition) is 0. The molecular formula is C12H17BrN2O. The molecule has 0 heterocycles. The van der Waals surface area contributed by atoms with Crippen molar-refractivity contribution in [2.75, 3.05) is 39.1 Å². The van der Waals surface area contributed by atoms with Crippen molar-refractivity contribution in [3.05, 3.63) is 28.2 Å². The Hall–Kier alpha value is -0.870. The van der Waals surface area contributed by atoms with Gasteiger partial charge >= 0.3 is 0 Å². The van der Waals surface area contributed by atoms with Crippen LogP contribution in [0.15, 0.2) is 22.7 Å². The van der Waals surface area contributed by atoms with Crippen LogP contribution >= 0.6 is 15.9 Å². The van der Waals surface area contributed by atoms with Crippen molar-refractivity contribution < 1.29 is 4.79 Å². The SMILES string of the molecule is CN(C)CCN(C)c1ccc(C=O)cc1Br. The topological polar surface area (TPSA) is 23.6 Å². The molecule has 0 aromatic heterocycles. The molecule has 4 heteroatoms. The highest BCUT2D eigenvalue weighted by Crippen LogP contribution is 2.25. The van der Waals surface area contributed by atoms with Crippen LogP contribution in [-0.2, 0) is 0 Å². The number of hydrogen-bond acceptors (Lipinski definition) is 3. The smallest absolute Gasteiger partial charge is 0.150 e. The largest absolute Gasteiger partial charge is 0.372 e. The first-order valence-corrected chi connectivity index (χ1v) is 5.94. The summed E-state index contributed by atoms with van der Waals surface area (Å²) in [6.45, 7) is 1.95. The molecule has 0 atom stereocenters. The molecule has 88 valence electrons. The van der Waals surface area contributed by atoms with Crippen molar-refractivity contribution in [1.29, 1.82) is 0 Å². The molecule has 0 aliphatic carbocycles. The van der Waals surface area contributed by atoms with Crippen molar-refractivity contribution in [2.24, 2.45) is 0 Å². The minimum atomic E-state index is 0.691. The maximum absolute atomic E-state index is 10.6. The summed E-state index contributed by atoms with van der Waals surface area (Å²) in [5.41, 5.74) is 1.80. The molecule has 0 saturated carbocycles. The van der Waals surface area contributed by atoms with Crippen LogP contribution in [-0.4, -0.2) is 45.4 Å². The number of benzene rings is 1. The van der Waals surface area contributed by atoms with Gasteiger partial charge in [-0.1, -0.05) is 0 Å². The maximum Gasteiger partial charge on any atom is 0.150 e. The van der Waals surface area contributed by atoms with Crippen molar-refractivity contribution in [1.82, 2.24) is 4.90 Å². The number of rotatable bonds is 5. The highest BCUT2D eigenvalue weighted by Gasteiger charge is 2.06. The Morgan fingerprint density at radius 1 is 1.25 bits per heavy atom. The average molecular weight is 285 g/mol. The van der Waals surface area contributed by atoms with Gasteiger partial charge in [0.05, 0.1) is 5.69 Å². The first-order chi connectivity index (χ1) is 7.54. The minimum absolute atomic E-state index is 0.691. The van der Waals surface area contributed by atoms with Crippen LogP contribution in [0.3, 0.4) is 0 Å². The average Bonchev–Trinajstić information content (AvgIpc) is 2.25. The number of aldehydes is 1. The van der Waals surface area contributed by atoms with Crippen LogP contribution in [0.5, 0.6) is 0 Å². The highest BCUT2D eigenvalue weighted by molar-refractivity contribution is 9.10. The molecule has 16 heavy (non-hydrogen) atoms. The van der Waals surface area contributed by atoms with Crippen LogP contribution in [0.2, 0.25) is 0 Å². The van der Waals surface area contributed by atoms with E-state index in [2.05, 4.69) is 39.8 Å². The zero-order chi connectivity index (χ0) is 12.1. The Morgan fingerprint density at radius 3 is 2.44 bits per heavy atom. The lowest BCUT2D eigenvalue weighted by molar-refractivity contribution is 0.112. The molecule has 3 nitrogen and oxygen atoms in total. The highest BCUT2D eigenvalue weighted by atomic mass is 79.9. The zero-order valence-corrected chi connectivity index (χ0v) is 11.5. The monoisotopic (exact) mass is 284 g/mol. The molecule has 1 rings (SSSR count). The Bertz CT molecular complexity index is 366. The fourth-order valence-corrected chi connectivity index (χ4v) is 2.08. The molecule has 0 fully saturated rings. The van der Waals surface area contributed by atoms with Crippen molar-refractivity contribution in [3.63, 3.8) is 0 Å². The fraction of sp³-hybridized carbons (Fsp3) is 0.417. The second-order valence-corrected chi connectivity index (χ2v) is 4.91. The molecule has 1 aromatic rings. The summed E-state index contributed by atoms with van der Waals surface area (Å²) < 4.78 is 0.957. The molecule has 0 aliphatic rings. The van der Waals surface area contributed by atoms with Gasteiger partial charge in [-0.15, -0.1) is 0 Å². The lowest BCUT2D eigenvalue weighted by Crippen LogP contribution is -2.28. The molecule has 0 N–H and O–H groups in total. The first kappa shape index (κ1) is 13.2. The fourth-order valence-electron chi connectivity index (χ4n) is 1.38. The van der Waals surface area contributed by atoms with E-state index in [0.29, 0.717) is 5.56 Å². The second kappa shape index (κ2) is 6.01. The van der Waals surface area contributed by atoms with Crippen LogP contribution < -0.4 is 4.90 Å². The van der Waals surface area contributed by atoms with E-state index in [0.717, 1.165) is 29.5 Å². The van der Waals surface area contributed by atoms with E-state index in [1.54, 1.807) is 0 Å². The van der Waals surface area contributed by atoms with Crippen molar-refractivity contribution in [2.45, 2.75) is 0 Å². The molecular weight excluding hydrogens is 268 g/mol. The first-order valence-electron chi connectivity index (χ1n) is 5.15. The summed E-state index contributed by atoms with van der Waals surface area (Å²) in [6.07, 6.45) is 0.856. The number of nitrogens with zero attached hydrogens (tertiary/aromatic N) is 2. The van der Waals surface area contributed by atoms with E-state index in [-0.39, 0.29) is 0 Å². The third-order valence-corrected chi connectivity index (χ3v) is 3.04. The standard InChI is InChI=1S/C12H17BrN2O/c1-14(2)6-7-15(3)12-5-4-10(9-16)8-11(12)13/h4-5,8-9H,6-7H2,1-3H3. The van der Waals surface area contributed by atoms with Crippen molar-refractivity contribution in [3.8, 4) is 0 Å². The number of halogens is 1. The third-order valence-electron chi connectivity index (χ3n) is 2.40. The summed E-state index contributed by atoms with van der Waals surface area (Å²) >= 11 is 3.48. The van der Waals surface area contributed by atoms with Crippen LogP contribution in [0, 0.1) is 0 Å². The summed E-state index contributed by atoms with van der Waals surface area (Å²) in [7, 11) is 6.15. The molecule has 0 saturated heterocycles. The van der Waals surface area contributed by atoms with E-state index in [1.807, 2.05) is 25.2 Å². The lowest BCUT2D eigenvalue weighted by atomic mass is 10.2. The molecule has 0 radical (unpaired) electrons. The van der Waals surface area contributed by atoms with Gasteiger partial charge in [0.25, 0.3) is 0 Å². The van der Waals surface area contributed by atoms with Gasteiger partial charge in [0.1, 0.15) is 6.29 Å². The Balaban J connectivity index is 2.75. The minimum Gasteiger partial charge on any atom is -0.372 e. The molecule has 1 aromatic carbocycles. The van der Waals surface area contributed by atoms with Gasteiger partial charge < -0.3 is 9.80 Å². The van der Waals surface area contributed by atoms with Crippen LogP contribution in [0.25, 0.3) is 0 Å². The Kier molecular flexibility index (Phi) is 4.96. The van der Waals surface area contributed by atoms with E-state index in [4.69, 9.17) is 0 Å². The van der Waals surface area contributed by atoms with E-state index in [1.165, 1.54) is 0 Å². The summed E-state index contributed by atoms with van der Waals surface area (Å²) in [5.74, 6) is 0. The lowest BCUT2D eigenvalue weighted by Gasteiger charge is -2.22. The van der Waals surface area contributed by atoms with Crippen LogP contribution in [0.1, 0.15) is 10.4 Å². The Morgan fingerprint density at radius 2 is 1.94 bits per heavy atom.